The number of halogens is 1. The maximum absolute atomic E-state index is 10.6. The molecule has 0 radical (unpaired) electrons. The number of carboxylic acid groups (broad SMARTS) is 1. The number of rotatable bonds is 4. The topological polar surface area (TPSA) is 66.0 Å². The smallest absolute Gasteiger partial charge is 0.304 e. The number of imidazole rings is 1. The van der Waals surface area contributed by atoms with Crippen molar-refractivity contribution in [2.45, 2.75) is 19.3 Å². The molecular weight excluding hydrogens is 252 g/mol. The molecule has 0 spiro atoms. The predicted molar refractivity (Wildman–Crippen MR) is 69.7 cm³/mol. The summed E-state index contributed by atoms with van der Waals surface area (Å²) in [5.41, 5.74) is 1.83. The highest BCUT2D eigenvalue weighted by atomic mass is 35.5. The number of nitrogens with one attached hydrogen (secondary N) is 1. The van der Waals surface area contributed by atoms with Crippen LogP contribution in [0.3, 0.4) is 0 Å². The molecule has 0 aliphatic rings. The zero-order valence-corrected chi connectivity index (χ0v) is 10.6. The second-order valence-electron chi connectivity index (χ2n) is 4.19. The predicted octanol–water partition coefficient (Wildman–Crippen LogP) is 3.31. The molecule has 0 saturated heterocycles. The van der Waals surface area contributed by atoms with Crippen LogP contribution in [0.2, 0.25) is 5.02 Å². The fourth-order valence-electron chi connectivity index (χ4n) is 1.72. The molecule has 94 valence electrons. The van der Waals surface area contributed by atoms with Crippen molar-refractivity contribution in [3.05, 3.63) is 41.3 Å². The first-order valence-electron chi connectivity index (χ1n) is 5.59. The Morgan fingerprint density at radius 1 is 1.44 bits per heavy atom. The zero-order valence-electron chi connectivity index (χ0n) is 9.85. The number of nitrogens with zero attached hydrogens (tertiary/aromatic N) is 1. The molecule has 1 aromatic carbocycles. The molecule has 1 atom stereocenters. The molecule has 1 unspecified atom stereocenters. The maximum atomic E-state index is 10.6. The van der Waals surface area contributed by atoms with Gasteiger partial charge in [-0.15, -0.1) is 0 Å². The second-order valence-corrected chi connectivity index (χ2v) is 4.62. The van der Waals surface area contributed by atoms with E-state index in [1.807, 2.05) is 19.1 Å². The van der Waals surface area contributed by atoms with E-state index >= 15 is 0 Å². The van der Waals surface area contributed by atoms with Gasteiger partial charge in [0.2, 0.25) is 0 Å². The molecule has 2 rings (SSSR count). The van der Waals surface area contributed by atoms with E-state index in [0.29, 0.717) is 10.8 Å². The van der Waals surface area contributed by atoms with E-state index in [1.54, 1.807) is 18.3 Å². The Labute approximate surface area is 110 Å². The lowest BCUT2D eigenvalue weighted by molar-refractivity contribution is -0.137. The van der Waals surface area contributed by atoms with Gasteiger partial charge in [-0.2, -0.15) is 0 Å². The summed E-state index contributed by atoms with van der Waals surface area (Å²) in [5.74, 6) is -0.280. The van der Waals surface area contributed by atoms with E-state index in [0.717, 1.165) is 11.3 Å². The lowest BCUT2D eigenvalue weighted by atomic mass is 10.1. The molecule has 0 amide bonds. The number of aromatic amines is 1. The minimum Gasteiger partial charge on any atom is -0.481 e. The first kappa shape index (κ1) is 12.6. The highest BCUT2D eigenvalue weighted by molar-refractivity contribution is 6.30. The van der Waals surface area contributed by atoms with Crippen LogP contribution in [0.5, 0.6) is 0 Å². The number of benzene rings is 1. The fourth-order valence-corrected chi connectivity index (χ4v) is 1.85. The van der Waals surface area contributed by atoms with Gasteiger partial charge in [-0.05, 0) is 17.7 Å². The van der Waals surface area contributed by atoms with Gasteiger partial charge in [0.25, 0.3) is 0 Å². The second kappa shape index (κ2) is 5.23. The number of hydrogen-bond acceptors (Lipinski definition) is 2. The van der Waals surface area contributed by atoms with Gasteiger partial charge >= 0.3 is 5.97 Å². The van der Waals surface area contributed by atoms with Crippen LogP contribution in [-0.4, -0.2) is 21.0 Å². The molecule has 5 heteroatoms. The highest BCUT2D eigenvalue weighted by Crippen LogP contribution is 2.23. The number of carbonyl (C=O) groups is 1. The standard InChI is InChI=1S/C13H13ClN2O2/c1-8(6-12(17)18)13-15-7-11(16-13)9-2-4-10(14)5-3-9/h2-5,7-8H,6H2,1H3,(H,15,16)(H,17,18). The molecule has 4 nitrogen and oxygen atoms in total. The molecule has 0 aliphatic heterocycles. The van der Waals surface area contributed by atoms with Crippen molar-refractivity contribution in [2.24, 2.45) is 0 Å². The molecule has 1 aromatic heterocycles. The first-order valence-corrected chi connectivity index (χ1v) is 5.96. The van der Waals surface area contributed by atoms with Gasteiger partial charge in [0.1, 0.15) is 5.82 Å². The van der Waals surface area contributed by atoms with E-state index in [-0.39, 0.29) is 12.3 Å². The van der Waals surface area contributed by atoms with Crippen molar-refractivity contribution in [2.75, 3.05) is 0 Å². The molecule has 0 bridgehead atoms. The number of hydrogen-bond donors (Lipinski definition) is 2. The number of aromatic nitrogens is 2. The molecule has 1 heterocycles. The summed E-state index contributed by atoms with van der Waals surface area (Å²) >= 11 is 5.82. The maximum Gasteiger partial charge on any atom is 0.304 e. The monoisotopic (exact) mass is 264 g/mol. The Hall–Kier alpha value is -1.81. The third-order valence-electron chi connectivity index (χ3n) is 2.70. The Kier molecular flexibility index (Phi) is 3.67. The quantitative estimate of drug-likeness (QED) is 0.890. The van der Waals surface area contributed by atoms with Gasteiger partial charge in [-0.3, -0.25) is 4.79 Å². The zero-order chi connectivity index (χ0) is 13.1. The molecule has 0 saturated carbocycles. The normalized spacial score (nSPS) is 12.3. The molecule has 2 N–H and O–H groups in total. The summed E-state index contributed by atoms with van der Waals surface area (Å²) in [7, 11) is 0. The van der Waals surface area contributed by atoms with E-state index in [1.165, 1.54) is 0 Å². The van der Waals surface area contributed by atoms with Crippen LogP contribution in [0.1, 0.15) is 25.1 Å². The Morgan fingerprint density at radius 3 is 2.72 bits per heavy atom. The van der Waals surface area contributed by atoms with E-state index in [2.05, 4.69) is 9.97 Å². The Morgan fingerprint density at radius 2 is 2.11 bits per heavy atom. The lowest BCUT2D eigenvalue weighted by Gasteiger charge is -2.04. The first-order chi connectivity index (χ1) is 8.56. The van der Waals surface area contributed by atoms with Crippen molar-refractivity contribution >= 4 is 17.6 Å². The molecular formula is C13H13ClN2O2. The van der Waals surface area contributed by atoms with Crippen molar-refractivity contribution in [1.29, 1.82) is 0 Å². The summed E-state index contributed by atoms with van der Waals surface area (Å²) in [6.07, 6.45) is 1.77. The van der Waals surface area contributed by atoms with Crippen LogP contribution in [0.15, 0.2) is 30.5 Å². The van der Waals surface area contributed by atoms with Gasteiger partial charge in [0.15, 0.2) is 0 Å². The minimum absolute atomic E-state index is 0.0631. The lowest BCUT2D eigenvalue weighted by Crippen LogP contribution is -2.04. The summed E-state index contributed by atoms with van der Waals surface area (Å²) in [4.78, 5) is 18.0. The largest absolute Gasteiger partial charge is 0.481 e. The SMILES string of the molecule is CC(CC(=O)O)c1ncc(-c2ccc(Cl)cc2)[nH]1. The number of aliphatic carboxylic acids is 1. The van der Waals surface area contributed by atoms with Crippen LogP contribution >= 0.6 is 11.6 Å². The van der Waals surface area contributed by atoms with Crippen molar-refractivity contribution in [3.8, 4) is 11.3 Å². The summed E-state index contributed by atoms with van der Waals surface area (Å²) in [6.45, 7) is 1.83. The number of H-pyrrole nitrogens is 1. The van der Waals surface area contributed by atoms with Gasteiger partial charge in [0, 0.05) is 10.9 Å². The van der Waals surface area contributed by atoms with Crippen LogP contribution in [0, 0.1) is 0 Å². The van der Waals surface area contributed by atoms with Crippen LogP contribution in [0.4, 0.5) is 0 Å². The third kappa shape index (κ3) is 2.90. The van der Waals surface area contributed by atoms with E-state index in [9.17, 15) is 4.79 Å². The van der Waals surface area contributed by atoms with Crippen molar-refractivity contribution in [3.63, 3.8) is 0 Å². The Balaban J connectivity index is 2.19. The van der Waals surface area contributed by atoms with Gasteiger partial charge in [-0.25, -0.2) is 4.98 Å². The van der Waals surface area contributed by atoms with Crippen LogP contribution in [0.25, 0.3) is 11.3 Å². The molecule has 18 heavy (non-hydrogen) atoms. The van der Waals surface area contributed by atoms with Gasteiger partial charge < -0.3 is 10.1 Å². The minimum atomic E-state index is -0.827. The number of carboxylic acids is 1. The van der Waals surface area contributed by atoms with Crippen molar-refractivity contribution in [1.82, 2.24) is 9.97 Å². The van der Waals surface area contributed by atoms with Gasteiger partial charge in [-0.1, -0.05) is 30.7 Å². The third-order valence-corrected chi connectivity index (χ3v) is 2.95. The molecule has 2 aromatic rings. The Bertz CT molecular complexity index is 548. The summed E-state index contributed by atoms with van der Waals surface area (Å²) in [5, 5.41) is 9.42. The van der Waals surface area contributed by atoms with E-state index in [4.69, 9.17) is 16.7 Å². The fraction of sp³-hybridized carbons (Fsp3) is 0.231. The highest BCUT2D eigenvalue weighted by Gasteiger charge is 2.13. The van der Waals surface area contributed by atoms with Crippen LogP contribution < -0.4 is 0 Å². The average molecular weight is 265 g/mol. The van der Waals surface area contributed by atoms with Gasteiger partial charge in [0.05, 0.1) is 18.3 Å². The van der Waals surface area contributed by atoms with E-state index < -0.39 is 5.97 Å². The molecule has 0 aliphatic carbocycles. The summed E-state index contributed by atoms with van der Waals surface area (Å²) < 4.78 is 0. The van der Waals surface area contributed by atoms with Crippen LogP contribution in [-0.2, 0) is 4.79 Å². The van der Waals surface area contributed by atoms with Crippen molar-refractivity contribution < 1.29 is 9.90 Å². The summed E-state index contributed by atoms with van der Waals surface area (Å²) in [6, 6.07) is 7.39. The average Bonchev–Trinajstić information content (AvgIpc) is 2.78. The molecule has 0 fully saturated rings.